The van der Waals surface area contributed by atoms with Crippen molar-refractivity contribution >= 4 is 29.3 Å². The Morgan fingerprint density at radius 3 is 2.70 bits per heavy atom. The van der Waals surface area contributed by atoms with Gasteiger partial charge >= 0.3 is 5.97 Å². The van der Waals surface area contributed by atoms with Gasteiger partial charge in [0.2, 0.25) is 0 Å². The maximum Gasteiger partial charge on any atom is 0.341 e. The number of nitrogens with one attached hydrogen (secondary N) is 1. The number of H-pyrrole nitrogens is 1. The van der Waals surface area contributed by atoms with Crippen molar-refractivity contribution in [2.75, 3.05) is 14.2 Å². The lowest BCUT2D eigenvalue weighted by Gasteiger charge is -2.11. The number of aromatic nitrogens is 2. The Kier molecular flexibility index (Phi) is 6.77. The average Bonchev–Trinajstić information content (AvgIpc) is 2.77. The van der Waals surface area contributed by atoms with E-state index in [4.69, 9.17) is 21.1 Å². The number of nitriles is 1. The van der Waals surface area contributed by atoms with E-state index in [1.54, 1.807) is 12.1 Å². The average molecular weight is 442 g/mol. The Morgan fingerprint density at radius 2 is 2.03 bits per heavy atom. The van der Waals surface area contributed by atoms with Crippen LogP contribution in [0.3, 0.4) is 0 Å². The van der Waals surface area contributed by atoms with Gasteiger partial charge in [-0.15, -0.1) is 0 Å². The first-order valence-electron chi connectivity index (χ1n) is 8.65. The molecule has 0 bridgehead atoms. The van der Waals surface area contributed by atoms with E-state index in [2.05, 4.69) is 9.97 Å². The first-order chi connectivity index (χ1) is 14.5. The Balaban J connectivity index is 2.02. The third-order valence-corrected chi connectivity index (χ3v) is 5.50. The molecule has 1 aromatic heterocycles. The van der Waals surface area contributed by atoms with Crippen LogP contribution >= 0.6 is 23.4 Å². The molecule has 0 fully saturated rings. The number of benzene rings is 2. The van der Waals surface area contributed by atoms with Crippen molar-refractivity contribution in [2.24, 2.45) is 0 Å². The van der Waals surface area contributed by atoms with Crippen LogP contribution in [0.5, 0.6) is 5.75 Å². The van der Waals surface area contributed by atoms with Gasteiger partial charge in [-0.25, -0.2) is 9.78 Å². The molecule has 0 unspecified atom stereocenters. The molecule has 2 aromatic carbocycles. The van der Waals surface area contributed by atoms with E-state index in [0.717, 1.165) is 5.56 Å². The summed E-state index contributed by atoms with van der Waals surface area (Å²) < 4.78 is 10.0. The second kappa shape index (κ2) is 9.48. The van der Waals surface area contributed by atoms with Crippen LogP contribution in [0.25, 0.3) is 11.3 Å². The van der Waals surface area contributed by atoms with E-state index in [9.17, 15) is 14.9 Å². The molecule has 0 saturated carbocycles. The van der Waals surface area contributed by atoms with Crippen LogP contribution in [0.1, 0.15) is 21.5 Å². The zero-order chi connectivity index (χ0) is 21.7. The molecule has 0 atom stereocenters. The normalized spacial score (nSPS) is 10.3. The standard InChI is InChI=1S/C21H16ClN3O4S/c1-28-17-9-12(7-8-14(17)20(27)29-2)18-15(10-23)19(26)25-21(24-18)30-11-13-5-3-4-6-16(13)22/h3-9H,11H2,1-2H3,(H,24,25,26). The summed E-state index contributed by atoms with van der Waals surface area (Å²) in [5.41, 5.74) is 1.08. The number of rotatable bonds is 6. The zero-order valence-corrected chi connectivity index (χ0v) is 17.6. The first kappa shape index (κ1) is 21.4. The highest BCUT2D eigenvalue weighted by Crippen LogP contribution is 2.30. The molecule has 152 valence electrons. The van der Waals surface area contributed by atoms with Gasteiger partial charge in [0, 0.05) is 16.3 Å². The summed E-state index contributed by atoms with van der Waals surface area (Å²) in [6, 6.07) is 13.9. The van der Waals surface area contributed by atoms with Crippen LogP contribution in [-0.2, 0) is 10.5 Å². The highest BCUT2D eigenvalue weighted by Gasteiger charge is 2.18. The van der Waals surface area contributed by atoms with Gasteiger partial charge in [-0.3, -0.25) is 4.79 Å². The predicted molar refractivity (Wildman–Crippen MR) is 114 cm³/mol. The monoisotopic (exact) mass is 441 g/mol. The molecule has 0 aliphatic heterocycles. The maximum absolute atomic E-state index is 12.5. The largest absolute Gasteiger partial charge is 0.496 e. The van der Waals surface area contributed by atoms with E-state index in [1.165, 1.54) is 38.1 Å². The number of esters is 1. The smallest absolute Gasteiger partial charge is 0.341 e. The topological polar surface area (TPSA) is 105 Å². The van der Waals surface area contributed by atoms with E-state index in [1.807, 2.05) is 24.3 Å². The number of ether oxygens (including phenoxy) is 2. The van der Waals surface area contributed by atoms with Gasteiger partial charge in [-0.1, -0.05) is 47.6 Å². The molecule has 0 radical (unpaired) electrons. The predicted octanol–water partition coefficient (Wildman–Crippen LogP) is 4.05. The van der Waals surface area contributed by atoms with Crippen molar-refractivity contribution in [2.45, 2.75) is 10.9 Å². The summed E-state index contributed by atoms with van der Waals surface area (Å²) in [7, 11) is 2.68. The molecule has 0 amide bonds. The number of halogens is 1. The summed E-state index contributed by atoms with van der Waals surface area (Å²) in [6.07, 6.45) is 0. The molecule has 3 aromatic rings. The van der Waals surface area contributed by atoms with Gasteiger partial charge in [0.1, 0.15) is 22.9 Å². The lowest BCUT2D eigenvalue weighted by Crippen LogP contribution is -2.15. The van der Waals surface area contributed by atoms with Crippen molar-refractivity contribution < 1.29 is 14.3 Å². The minimum atomic E-state index is -0.561. The number of carbonyl (C=O) groups is 1. The van der Waals surface area contributed by atoms with Gasteiger partial charge in [-0.05, 0) is 23.8 Å². The molecule has 0 saturated heterocycles. The van der Waals surface area contributed by atoms with E-state index in [0.29, 0.717) is 21.5 Å². The van der Waals surface area contributed by atoms with Crippen LogP contribution in [0, 0.1) is 11.3 Å². The van der Waals surface area contributed by atoms with Crippen LogP contribution in [-0.4, -0.2) is 30.2 Å². The number of aromatic amines is 1. The highest BCUT2D eigenvalue weighted by atomic mass is 35.5. The highest BCUT2D eigenvalue weighted by molar-refractivity contribution is 7.98. The molecular weight excluding hydrogens is 426 g/mol. The molecule has 1 N–H and O–H groups in total. The van der Waals surface area contributed by atoms with Gasteiger partial charge in [-0.2, -0.15) is 5.26 Å². The minimum absolute atomic E-state index is 0.134. The van der Waals surface area contributed by atoms with E-state index < -0.39 is 11.5 Å². The van der Waals surface area contributed by atoms with Crippen molar-refractivity contribution in [3.63, 3.8) is 0 Å². The third-order valence-electron chi connectivity index (χ3n) is 4.21. The molecule has 0 aliphatic rings. The number of methoxy groups -OCH3 is 2. The quantitative estimate of drug-likeness (QED) is 0.349. The molecule has 9 heteroatoms. The Morgan fingerprint density at radius 1 is 1.27 bits per heavy atom. The fourth-order valence-corrected chi connectivity index (χ4v) is 3.86. The Labute approximate surface area is 181 Å². The molecule has 3 rings (SSSR count). The van der Waals surface area contributed by atoms with Crippen LogP contribution < -0.4 is 10.3 Å². The fourth-order valence-electron chi connectivity index (χ4n) is 2.71. The molecule has 0 aliphatic carbocycles. The molecule has 30 heavy (non-hydrogen) atoms. The second-order valence-corrected chi connectivity index (χ2v) is 7.36. The minimum Gasteiger partial charge on any atom is -0.496 e. The molecule has 0 spiro atoms. The molecule has 1 heterocycles. The van der Waals surface area contributed by atoms with Gasteiger partial charge < -0.3 is 14.5 Å². The third kappa shape index (κ3) is 4.48. The van der Waals surface area contributed by atoms with Crippen molar-refractivity contribution in [3.05, 3.63) is 74.5 Å². The lowest BCUT2D eigenvalue weighted by molar-refractivity contribution is 0.0597. The number of hydrogen-bond acceptors (Lipinski definition) is 7. The summed E-state index contributed by atoms with van der Waals surface area (Å²) >= 11 is 7.47. The SMILES string of the molecule is COC(=O)c1ccc(-c2nc(SCc3ccccc3Cl)[nH]c(=O)c2C#N)cc1OC. The number of hydrogen-bond donors (Lipinski definition) is 1. The number of carbonyl (C=O) groups excluding carboxylic acids is 1. The van der Waals surface area contributed by atoms with Gasteiger partial charge in [0.05, 0.1) is 19.9 Å². The summed E-state index contributed by atoms with van der Waals surface area (Å²) in [5.74, 6) is 0.169. The van der Waals surface area contributed by atoms with E-state index in [-0.39, 0.29) is 22.6 Å². The Bertz CT molecular complexity index is 1200. The maximum atomic E-state index is 12.5. The van der Waals surface area contributed by atoms with Crippen molar-refractivity contribution in [1.82, 2.24) is 9.97 Å². The summed E-state index contributed by atoms with van der Waals surface area (Å²) in [5, 5.41) is 10.4. The first-order valence-corrected chi connectivity index (χ1v) is 10.0. The summed E-state index contributed by atoms with van der Waals surface area (Å²) in [4.78, 5) is 31.4. The van der Waals surface area contributed by atoms with Crippen LogP contribution in [0.2, 0.25) is 5.02 Å². The van der Waals surface area contributed by atoms with Crippen LogP contribution in [0.4, 0.5) is 0 Å². The zero-order valence-electron chi connectivity index (χ0n) is 16.1. The molecule has 7 nitrogen and oxygen atoms in total. The molecular formula is C21H16ClN3O4S. The van der Waals surface area contributed by atoms with Crippen LogP contribution in [0.15, 0.2) is 52.4 Å². The van der Waals surface area contributed by atoms with E-state index >= 15 is 0 Å². The lowest BCUT2D eigenvalue weighted by atomic mass is 10.0. The number of nitrogens with zero attached hydrogens (tertiary/aromatic N) is 2. The summed E-state index contributed by atoms with van der Waals surface area (Å²) in [6.45, 7) is 0. The van der Waals surface area contributed by atoms with Crippen molar-refractivity contribution in [1.29, 1.82) is 5.26 Å². The fraction of sp³-hybridized carbons (Fsp3) is 0.143. The Hall–Kier alpha value is -3.28. The second-order valence-electron chi connectivity index (χ2n) is 5.99. The van der Waals surface area contributed by atoms with Gasteiger partial charge in [0.25, 0.3) is 5.56 Å². The van der Waals surface area contributed by atoms with Crippen molar-refractivity contribution in [3.8, 4) is 23.1 Å². The number of thioether (sulfide) groups is 1. The van der Waals surface area contributed by atoms with Gasteiger partial charge in [0.15, 0.2) is 5.16 Å².